The van der Waals surface area contributed by atoms with Crippen molar-refractivity contribution < 1.29 is 9.59 Å². The van der Waals surface area contributed by atoms with Gasteiger partial charge in [0.25, 0.3) is 5.91 Å². The summed E-state index contributed by atoms with van der Waals surface area (Å²) in [6.07, 6.45) is 0. The molecule has 1 N–H and O–H groups in total. The van der Waals surface area contributed by atoms with Crippen molar-refractivity contribution in [2.75, 3.05) is 0 Å². The fraction of sp³-hybridized carbons (Fsp3) is 0.167. The first-order valence-electron chi connectivity index (χ1n) is 9.04. The monoisotopic (exact) mass is 357 g/mol. The zero-order chi connectivity index (χ0) is 19.4. The molecule has 0 unspecified atom stereocenters. The van der Waals surface area contributed by atoms with Crippen LogP contribution in [0.2, 0.25) is 0 Å². The van der Waals surface area contributed by atoms with Gasteiger partial charge in [0.15, 0.2) is 5.78 Å². The van der Waals surface area contributed by atoms with Gasteiger partial charge in [0.1, 0.15) is 0 Å². The Bertz CT molecular complexity index is 977. The average Bonchev–Trinajstić information content (AvgIpc) is 2.68. The third-order valence-corrected chi connectivity index (χ3v) is 4.69. The predicted octanol–water partition coefficient (Wildman–Crippen LogP) is 5.03. The number of hydrogen-bond donors (Lipinski definition) is 1. The maximum Gasteiger partial charge on any atom is 0.252 e. The Morgan fingerprint density at radius 2 is 1.41 bits per heavy atom. The van der Waals surface area contributed by atoms with Crippen molar-refractivity contribution in [3.8, 4) is 0 Å². The molecule has 3 heteroatoms. The van der Waals surface area contributed by atoms with Gasteiger partial charge in [-0.2, -0.15) is 0 Å². The van der Waals surface area contributed by atoms with E-state index < -0.39 is 0 Å². The summed E-state index contributed by atoms with van der Waals surface area (Å²) in [6, 6.07) is 22.3. The van der Waals surface area contributed by atoms with Crippen LogP contribution in [-0.4, -0.2) is 11.7 Å². The Kier molecular flexibility index (Phi) is 5.51. The van der Waals surface area contributed by atoms with Gasteiger partial charge in [0.05, 0.1) is 11.6 Å². The number of aryl methyl sites for hydroxylation is 2. The maximum atomic E-state index is 13.1. The molecule has 3 aromatic rings. The minimum absolute atomic E-state index is 0.134. The van der Waals surface area contributed by atoms with Gasteiger partial charge in [-0.15, -0.1) is 0 Å². The molecule has 0 radical (unpaired) electrons. The van der Waals surface area contributed by atoms with Crippen LogP contribution in [0.3, 0.4) is 0 Å². The van der Waals surface area contributed by atoms with E-state index in [0.29, 0.717) is 16.7 Å². The molecule has 1 atom stereocenters. The minimum Gasteiger partial charge on any atom is -0.345 e. The van der Waals surface area contributed by atoms with Crippen molar-refractivity contribution >= 4 is 11.7 Å². The summed E-state index contributed by atoms with van der Waals surface area (Å²) in [7, 11) is 0. The molecule has 0 saturated carbocycles. The van der Waals surface area contributed by atoms with E-state index in [2.05, 4.69) is 5.32 Å². The van der Waals surface area contributed by atoms with E-state index in [4.69, 9.17) is 0 Å². The number of carbonyl (C=O) groups is 2. The van der Waals surface area contributed by atoms with Crippen molar-refractivity contribution in [2.24, 2.45) is 0 Å². The van der Waals surface area contributed by atoms with Crippen molar-refractivity contribution in [1.29, 1.82) is 0 Å². The Balaban J connectivity index is 1.89. The molecular weight excluding hydrogens is 334 g/mol. The molecule has 0 aliphatic heterocycles. The Morgan fingerprint density at radius 1 is 0.778 bits per heavy atom. The zero-order valence-electron chi connectivity index (χ0n) is 15.8. The highest BCUT2D eigenvalue weighted by Crippen LogP contribution is 2.20. The highest BCUT2D eigenvalue weighted by Gasteiger charge is 2.20. The third kappa shape index (κ3) is 4.14. The number of amides is 1. The van der Waals surface area contributed by atoms with Crippen LogP contribution < -0.4 is 5.32 Å². The highest BCUT2D eigenvalue weighted by atomic mass is 16.2. The minimum atomic E-state index is -0.250. The van der Waals surface area contributed by atoms with Crippen LogP contribution in [0.15, 0.2) is 72.8 Å². The largest absolute Gasteiger partial charge is 0.345 e. The SMILES string of the molecule is Cc1ccc(C(=O)c2ccccc2C(=O)N[C@@H](C)c2ccccc2)c(C)c1. The van der Waals surface area contributed by atoms with E-state index in [1.54, 1.807) is 24.3 Å². The summed E-state index contributed by atoms with van der Waals surface area (Å²) >= 11 is 0. The molecule has 0 aliphatic rings. The van der Waals surface area contributed by atoms with E-state index in [1.165, 1.54) is 0 Å². The first-order chi connectivity index (χ1) is 13.0. The van der Waals surface area contributed by atoms with E-state index >= 15 is 0 Å². The van der Waals surface area contributed by atoms with Crippen molar-refractivity contribution in [1.82, 2.24) is 5.32 Å². The molecule has 3 aromatic carbocycles. The van der Waals surface area contributed by atoms with Crippen LogP contribution in [0, 0.1) is 13.8 Å². The molecule has 136 valence electrons. The molecule has 3 rings (SSSR count). The summed E-state index contributed by atoms with van der Waals surface area (Å²) in [5.74, 6) is -0.384. The lowest BCUT2D eigenvalue weighted by molar-refractivity contribution is 0.0929. The normalized spacial score (nSPS) is 11.7. The molecule has 0 spiro atoms. The van der Waals surface area contributed by atoms with Crippen molar-refractivity contribution in [3.63, 3.8) is 0 Å². The smallest absolute Gasteiger partial charge is 0.252 e. The standard InChI is InChI=1S/C24H23NO2/c1-16-13-14-20(17(2)15-16)23(26)21-11-7-8-12-22(21)24(27)25-18(3)19-9-5-4-6-10-19/h4-15,18H,1-3H3,(H,25,27)/t18-/m0/s1. The second-order valence-corrected chi connectivity index (χ2v) is 6.80. The van der Waals surface area contributed by atoms with Crippen LogP contribution >= 0.6 is 0 Å². The van der Waals surface area contributed by atoms with Gasteiger partial charge >= 0.3 is 0 Å². The van der Waals surface area contributed by atoms with E-state index in [-0.39, 0.29) is 17.7 Å². The lowest BCUT2D eigenvalue weighted by Gasteiger charge is -2.16. The lowest BCUT2D eigenvalue weighted by atomic mass is 9.94. The molecule has 0 aromatic heterocycles. The van der Waals surface area contributed by atoms with Crippen molar-refractivity contribution in [2.45, 2.75) is 26.8 Å². The molecule has 27 heavy (non-hydrogen) atoms. The summed E-state index contributed by atoms with van der Waals surface area (Å²) in [5, 5.41) is 2.99. The van der Waals surface area contributed by atoms with Gasteiger partial charge in [-0.3, -0.25) is 9.59 Å². The highest BCUT2D eigenvalue weighted by molar-refractivity contribution is 6.15. The second kappa shape index (κ2) is 8.00. The number of carbonyl (C=O) groups excluding carboxylic acids is 2. The fourth-order valence-corrected chi connectivity index (χ4v) is 3.19. The predicted molar refractivity (Wildman–Crippen MR) is 108 cm³/mol. The molecule has 0 heterocycles. The van der Waals surface area contributed by atoms with E-state index in [0.717, 1.165) is 16.7 Å². The molecule has 0 saturated heterocycles. The first kappa shape index (κ1) is 18.6. The van der Waals surface area contributed by atoms with Crippen LogP contribution in [0.4, 0.5) is 0 Å². The van der Waals surface area contributed by atoms with Crippen molar-refractivity contribution in [3.05, 3.63) is 106 Å². The van der Waals surface area contributed by atoms with Crippen LogP contribution in [0.1, 0.15) is 55.9 Å². The molecule has 0 bridgehead atoms. The van der Waals surface area contributed by atoms with E-state index in [9.17, 15) is 9.59 Å². The number of nitrogens with one attached hydrogen (secondary N) is 1. The number of rotatable bonds is 5. The van der Waals surface area contributed by atoms with E-state index in [1.807, 2.05) is 69.3 Å². The first-order valence-corrected chi connectivity index (χ1v) is 9.04. The fourth-order valence-electron chi connectivity index (χ4n) is 3.19. The number of hydrogen-bond acceptors (Lipinski definition) is 2. The van der Waals surface area contributed by atoms with Crippen LogP contribution in [0.5, 0.6) is 0 Å². The summed E-state index contributed by atoms with van der Waals surface area (Å²) < 4.78 is 0. The van der Waals surface area contributed by atoms with Gasteiger partial charge in [0.2, 0.25) is 0 Å². The summed E-state index contributed by atoms with van der Waals surface area (Å²) in [4.78, 5) is 25.9. The lowest BCUT2D eigenvalue weighted by Crippen LogP contribution is -2.28. The van der Waals surface area contributed by atoms with Gasteiger partial charge in [-0.05, 0) is 38.0 Å². The summed E-state index contributed by atoms with van der Waals surface area (Å²) in [5.41, 5.74) is 4.47. The van der Waals surface area contributed by atoms with Crippen LogP contribution in [-0.2, 0) is 0 Å². The molecule has 0 aliphatic carbocycles. The van der Waals surface area contributed by atoms with Gasteiger partial charge in [-0.25, -0.2) is 0 Å². The average molecular weight is 357 g/mol. The molecule has 1 amide bonds. The number of benzene rings is 3. The van der Waals surface area contributed by atoms with Gasteiger partial charge < -0.3 is 5.32 Å². The molecule has 3 nitrogen and oxygen atoms in total. The topological polar surface area (TPSA) is 46.2 Å². The van der Waals surface area contributed by atoms with Crippen LogP contribution in [0.25, 0.3) is 0 Å². The number of ketones is 1. The molecule has 0 fully saturated rings. The van der Waals surface area contributed by atoms with Gasteiger partial charge in [-0.1, -0.05) is 72.3 Å². The molecular formula is C24H23NO2. The maximum absolute atomic E-state index is 13.1. The zero-order valence-corrected chi connectivity index (χ0v) is 15.8. The third-order valence-electron chi connectivity index (χ3n) is 4.69. The Morgan fingerprint density at radius 3 is 2.07 bits per heavy atom. The quantitative estimate of drug-likeness (QED) is 0.651. The van der Waals surface area contributed by atoms with Gasteiger partial charge in [0, 0.05) is 11.1 Å². The Labute approximate surface area is 160 Å². The summed E-state index contributed by atoms with van der Waals surface area (Å²) in [6.45, 7) is 5.84. The Hall–Kier alpha value is -3.20. The second-order valence-electron chi connectivity index (χ2n) is 6.80.